The van der Waals surface area contributed by atoms with Crippen LogP contribution in [-0.2, 0) is 4.84 Å². The molecule has 0 unspecified atom stereocenters. The van der Waals surface area contributed by atoms with E-state index < -0.39 is 0 Å². The van der Waals surface area contributed by atoms with E-state index in [1.807, 2.05) is 11.0 Å². The van der Waals surface area contributed by atoms with Gasteiger partial charge in [-0.05, 0) is 31.4 Å². The maximum absolute atomic E-state index is 11.9. The van der Waals surface area contributed by atoms with Gasteiger partial charge in [0.25, 0.3) is 5.91 Å². The number of hydrogen-bond acceptors (Lipinski definition) is 3. The molecule has 18 heavy (non-hydrogen) atoms. The van der Waals surface area contributed by atoms with Crippen molar-refractivity contribution in [1.29, 1.82) is 0 Å². The lowest BCUT2D eigenvalue weighted by molar-refractivity contribution is 0.0992. The van der Waals surface area contributed by atoms with Crippen LogP contribution in [0.1, 0.15) is 29.6 Å². The van der Waals surface area contributed by atoms with Crippen LogP contribution >= 0.6 is 0 Å². The molecule has 1 aliphatic rings. The fourth-order valence-electron chi connectivity index (χ4n) is 1.99. The Morgan fingerprint density at radius 1 is 1.17 bits per heavy atom. The molecular weight excluding hydrogens is 230 g/mol. The minimum absolute atomic E-state index is 0.212. The number of hydrogen-bond donors (Lipinski definition) is 1. The van der Waals surface area contributed by atoms with Crippen molar-refractivity contribution in [3.05, 3.63) is 35.9 Å². The van der Waals surface area contributed by atoms with Crippen LogP contribution in [0.2, 0.25) is 0 Å². The zero-order valence-corrected chi connectivity index (χ0v) is 10.2. The van der Waals surface area contributed by atoms with Gasteiger partial charge in [-0.15, -0.1) is 0 Å². The third-order valence-electron chi connectivity index (χ3n) is 2.95. The summed E-state index contributed by atoms with van der Waals surface area (Å²) in [5.41, 5.74) is 0.532. The molecule has 1 heterocycles. The van der Waals surface area contributed by atoms with Gasteiger partial charge < -0.3 is 9.74 Å². The van der Waals surface area contributed by atoms with Gasteiger partial charge in [-0.1, -0.05) is 18.2 Å². The van der Waals surface area contributed by atoms with Crippen molar-refractivity contribution in [2.45, 2.75) is 19.3 Å². The van der Waals surface area contributed by atoms with E-state index in [1.165, 1.54) is 6.42 Å². The molecule has 1 aromatic rings. The summed E-state index contributed by atoms with van der Waals surface area (Å²) in [7, 11) is 0. The van der Waals surface area contributed by atoms with Gasteiger partial charge >= 0.3 is 6.02 Å². The fourth-order valence-corrected chi connectivity index (χ4v) is 1.99. The summed E-state index contributed by atoms with van der Waals surface area (Å²) in [5.74, 6) is 4.87. The van der Waals surface area contributed by atoms with Crippen molar-refractivity contribution in [3.63, 3.8) is 0 Å². The van der Waals surface area contributed by atoms with E-state index in [0.29, 0.717) is 5.56 Å². The molecule has 0 bridgehead atoms. The number of carbonyl (C=O) groups excluding carboxylic acids is 1. The average Bonchev–Trinajstić information content (AvgIpc) is 2.46. The Hall–Kier alpha value is -1.88. The van der Waals surface area contributed by atoms with Gasteiger partial charge in [0.15, 0.2) is 0 Å². The SMILES string of the molecule is NOC(=NC(=O)c1ccccc1)N1CCCCC1. The zero-order chi connectivity index (χ0) is 12.8. The number of amides is 1. The Morgan fingerprint density at radius 2 is 1.83 bits per heavy atom. The molecular formula is C13H17N3O2. The Labute approximate surface area is 106 Å². The zero-order valence-electron chi connectivity index (χ0n) is 10.2. The first-order chi connectivity index (χ1) is 8.81. The highest BCUT2D eigenvalue weighted by Gasteiger charge is 2.17. The third kappa shape index (κ3) is 3.07. The van der Waals surface area contributed by atoms with Gasteiger partial charge in [0, 0.05) is 18.7 Å². The minimum atomic E-state index is -0.332. The number of nitrogens with zero attached hydrogens (tertiary/aromatic N) is 2. The lowest BCUT2D eigenvalue weighted by Gasteiger charge is -2.27. The molecule has 96 valence electrons. The molecule has 0 radical (unpaired) electrons. The standard InChI is InChI=1S/C13H17N3O2/c14-18-13(16-9-5-2-6-10-16)15-12(17)11-7-3-1-4-8-11/h1,3-4,7-8H,2,5-6,9-10,14H2. The molecule has 0 aromatic heterocycles. The lowest BCUT2D eigenvalue weighted by atomic mass is 10.1. The van der Waals surface area contributed by atoms with Crippen molar-refractivity contribution >= 4 is 11.9 Å². The lowest BCUT2D eigenvalue weighted by Crippen LogP contribution is -2.39. The van der Waals surface area contributed by atoms with Crippen molar-refractivity contribution in [1.82, 2.24) is 4.90 Å². The molecule has 5 nitrogen and oxygen atoms in total. The number of rotatable bonds is 1. The summed E-state index contributed by atoms with van der Waals surface area (Å²) in [6, 6.07) is 9.10. The van der Waals surface area contributed by atoms with Crippen molar-refractivity contribution in [2.75, 3.05) is 13.1 Å². The average molecular weight is 247 g/mol. The predicted octanol–water partition coefficient (Wildman–Crippen LogP) is 1.56. The molecule has 1 aromatic carbocycles. The quantitative estimate of drug-likeness (QED) is 0.464. The molecule has 0 aliphatic carbocycles. The first-order valence-corrected chi connectivity index (χ1v) is 6.11. The Balaban J connectivity index is 2.11. The van der Waals surface area contributed by atoms with Crippen LogP contribution in [-0.4, -0.2) is 29.9 Å². The van der Waals surface area contributed by atoms with E-state index in [1.54, 1.807) is 24.3 Å². The highest BCUT2D eigenvalue weighted by molar-refractivity contribution is 6.01. The monoisotopic (exact) mass is 247 g/mol. The van der Waals surface area contributed by atoms with Crippen LogP contribution in [0.5, 0.6) is 0 Å². The smallest absolute Gasteiger partial charge is 0.315 e. The molecule has 0 atom stereocenters. The van der Waals surface area contributed by atoms with Gasteiger partial charge in [-0.2, -0.15) is 10.9 Å². The van der Waals surface area contributed by atoms with Crippen LogP contribution in [0.3, 0.4) is 0 Å². The maximum atomic E-state index is 11.9. The van der Waals surface area contributed by atoms with Crippen molar-refractivity contribution < 1.29 is 9.63 Å². The topological polar surface area (TPSA) is 67.9 Å². The Kier molecular flexibility index (Phi) is 4.30. The van der Waals surface area contributed by atoms with E-state index in [9.17, 15) is 4.79 Å². The maximum Gasteiger partial charge on any atom is 0.315 e. The first kappa shape index (κ1) is 12.6. The van der Waals surface area contributed by atoms with Crippen LogP contribution in [0.4, 0.5) is 0 Å². The van der Waals surface area contributed by atoms with Crippen LogP contribution < -0.4 is 5.90 Å². The largest absolute Gasteiger partial charge is 0.373 e. The number of likely N-dealkylation sites (tertiary alicyclic amines) is 1. The first-order valence-electron chi connectivity index (χ1n) is 6.11. The number of nitrogens with two attached hydrogens (primary N) is 1. The van der Waals surface area contributed by atoms with Crippen LogP contribution in [0.15, 0.2) is 35.3 Å². The Morgan fingerprint density at radius 3 is 2.44 bits per heavy atom. The number of benzene rings is 1. The van der Waals surface area contributed by atoms with Gasteiger partial charge in [0.05, 0.1) is 0 Å². The summed E-state index contributed by atoms with van der Waals surface area (Å²) in [5, 5.41) is 0. The normalized spacial score (nSPS) is 16.5. The van der Waals surface area contributed by atoms with E-state index in [2.05, 4.69) is 4.99 Å². The highest BCUT2D eigenvalue weighted by atomic mass is 16.6. The molecule has 1 saturated heterocycles. The second-order valence-corrected chi connectivity index (χ2v) is 4.23. The summed E-state index contributed by atoms with van der Waals surface area (Å²) in [4.78, 5) is 22.5. The molecule has 1 fully saturated rings. The summed E-state index contributed by atoms with van der Waals surface area (Å²) >= 11 is 0. The predicted molar refractivity (Wildman–Crippen MR) is 68.9 cm³/mol. The third-order valence-corrected chi connectivity index (χ3v) is 2.95. The summed E-state index contributed by atoms with van der Waals surface area (Å²) in [6.45, 7) is 1.66. The molecule has 1 amide bonds. The Bertz CT molecular complexity index is 425. The summed E-state index contributed by atoms with van der Waals surface area (Å²) < 4.78 is 0. The van der Waals surface area contributed by atoms with Crippen molar-refractivity contribution in [3.8, 4) is 0 Å². The molecule has 2 rings (SSSR count). The second-order valence-electron chi connectivity index (χ2n) is 4.23. The van der Waals surface area contributed by atoms with Crippen molar-refractivity contribution in [2.24, 2.45) is 10.9 Å². The van der Waals surface area contributed by atoms with Crippen LogP contribution in [0, 0.1) is 0 Å². The number of carbonyl (C=O) groups is 1. The van der Waals surface area contributed by atoms with Gasteiger partial charge in [0.1, 0.15) is 0 Å². The highest BCUT2D eigenvalue weighted by Crippen LogP contribution is 2.10. The molecule has 0 saturated carbocycles. The van der Waals surface area contributed by atoms with E-state index in [4.69, 9.17) is 10.7 Å². The molecule has 0 spiro atoms. The molecule has 1 aliphatic heterocycles. The fraction of sp³-hybridized carbons (Fsp3) is 0.385. The molecule has 2 N–H and O–H groups in total. The summed E-state index contributed by atoms with van der Waals surface area (Å²) in [6.07, 6.45) is 3.34. The second kappa shape index (κ2) is 6.16. The van der Waals surface area contributed by atoms with Crippen LogP contribution in [0.25, 0.3) is 0 Å². The number of aliphatic imine (C=N–C) groups is 1. The number of piperidine rings is 1. The van der Waals surface area contributed by atoms with E-state index >= 15 is 0 Å². The minimum Gasteiger partial charge on any atom is -0.373 e. The van der Waals surface area contributed by atoms with Gasteiger partial charge in [0.2, 0.25) is 0 Å². The van der Waals surface area contributed by atoms with E-state index in [0.717, 1.165) is 25.9 Å². The number of amidine groups is 1. The molecule has 5 heteroatoms. The van der Waals surface area contributed by atoms with Gasteiger partial charge in [-0.25, -0.2) is 0 Å². The van der Waals surface area contributed by atoms with Gasteiger partial charge in [-0.3, -0.25) is 4.79 Å². The van der Waals surface area contributed by atoms with E-state index in [-0.39, 0.29) is 11.9 Å².